The zero-order valence-electron chi connectivity index (χ0n) is 27.8. The Hall–Kier alpha value is -4.48. The summed E-state index contributed by atoms with van der Waals surface area (Å²) in [5.74, 6) is -1.52. The first-order valence-electron chi connectivity index (χ1n) is 16.1. The van der Waals surface area contributed by atoms with Crippen LogP contribution in [0.5, 0.6) is 11.5 Å². The standard InChI is InChI=1S/C34H41N3O12S/c1-4-14-47-34(42)37-26-19-29(48-20-23(38)17-30(39)40)28(45-3)18-25(26)32(41)36-13-12-22(21-8-10-24(11-9-21)50(43,44)35-2)16-27(36)33(37)49-31-7-5-6-15-46-31/h4,8-12,18-19,23,27,31,33,35,38H,1,5-7,13-17,20H2,2-3H3,(H,39,40)/t23-,27-,31?,33?/m0/s1. The molecule has 3 N–H and O–H groups in total. The second-order valence-electron chi connectivity index (χ2n) is 11.8. The number of carbonyl (C=O) groups excluding carboxylic acids is 2. The summed E-state index contributed by atoms with van der Waals surface area (Å²) < 4.78 is 56.4. The molecule has 2 aromatic rings. The van der Waals surface area contributed by atoms with Crippen LogP contribution in [-0.2, 0) is 29.0 Å². The molecule has 16 heteroatoms. The van der Waals surface area contributed by atoms with E-state index in [2.05, 4.69) is 11.3 Å². The van der Waals surface area contributed by atoms with Gasteiger partial charge in [-0.25, -0.2) is 22.8 Å². The van der Waals surface area contributed by atoms with E-state index in [9.17, 15) is 27.9 Å². The van der Waals surface area contributed by atoms with Gasteiger partial charge < -0.3 is 38.8 Å². The molecule has 0 radical (unpaired) electrons. The van der Waals surface area contributed by atoms with E-state index in [-0.39, 0.29) is 47.2 Å². The zero-order valence-corrected chi connectivity index (χ0v) is 28.6. The van der Waals surface area contributed by atoms with E-state index in [1.54, 1.807) is 17.0 Å². The third-order valence-electron chi connectivity index (χ3n) is 8.58. The Morgan fingerprint density at radius 3 is 2.58 bits per heavy atom. The molecule has 0 bridgehead atoms. The first-order valence-corrected chi connectivity index (χ1v) is 17.6. The highest BCUT2D eigenvalue weighted by Gasteiger charge is 2.47. The molecule has 15 nitrogen and oxygen atoms in total. The van der Waals surface area contributed by atoms with Gasteiger partial charge in [0.15, 0.2) is 24.0 Å². The molecule has 4 atom stereocenters. The molecule has 0 aliphatic carbocycles. The first-order chi connectivity index (χ1) is 24.0. The van der Waals surface area contributed by atoms with Gasteiger partial charge in [0.25, 0.3) is 5.91 Å². The summed E-state index contributed by atoms with van der Waals surface area (Å²) in [6.07, 6.45) is 1.07. The number of carboxylic acids is 1. The van der Waals surface area contributed by atoms with Crippen LogP contribution in [0, 0.1) is 0 Å². The summed E-state index contributed by atoms with van der Waals surface area (Å²) in [4.78, 5) is 42.5. The van der Waals surface area contributed by atoms with Crippen molar-refractivity contribution in [2.75, 3.05) is 45.4 Å². The van der Waals surface area contributed by atoms with Crippen LogP contribution in [0.1, 0.15) is 48.0 Å². The van der Waals surface area contributed by atoms with Gasteiger partial charge in [0.2, 0.25) is 10.0 Å². The Balaban J connectivity index is 1.61. The van der Waals surface area contributed by atoms with Crippen molar-refractivity contribution >= 4 is 39.3 Å². The van der Waals surface area contributed by atoms with Crippen LogP contribution >= 0.6 is 0 Å². The zero-order chi connectivity index (χ0) is 36.0. The van der Waals surface area contributed by atoms with Crippen molar-refractivity contribution < 1.29 is 56.7 Å². The lowest BCUT2D eigenvalue weighted by molar-refractivity contribution is -0.196. The average molecular weight is 716 g/mol. The topological polar surface area (TPSA) is 190 Å². The molecule has 5 rings (SSSR count). The largest absolute Gasteiger partial charge is 0.493 e. The van der Waals surface area contributed by atoms with Crippen LogP contribution in [0.25, 0.3) is 5.57 Å². The van der Waals surface area contributed by atoms with Crippen LogP contribution < -0.4 is 19.1 Å². The summed E-state index contributed by atoms with van der Waals surface area (Å²) in [7, 11) is -0.973. The van der Waals surface area contributed by atoms with Gasteiger partial charge in [-0.3, -0.25) is 9.59 Å². The van der Waals surface area contributed by atoms with Gasteiger partial charge in [-0.05, 0) is 62.1 Å². The SMILES string of the molecule is C=CCOC(=O)N1c2cc(OC[C@@H](O)CC(=O)O)c(OC)cc2C(=O)N2CC=C(c3ccc(S(=O)(=O)NC)cc3)C[C@H]2C1OC1CCCCO1. The number of amides is 2. The van der Waals surface area contributed by atoms with Gasteiger partial charge >= 0.3 is 12.1 Å². The minimum absolute atomic E-state index is 0.0352. The number of hydrogen-bond donors (Lipinski definition) is 3. The van der Waals surface area contributed by atoms with Gasteiger partial charge in [0.05, 0.1) is 41.8 Å². The van der Waals surface area contributed by atoms with E-state index in [0.29, 0.717) is 13.0 Å². The maximum atomic E-state index is 14.4. The molecular weight excluding hydrogens is 674 g/mol. The van der Waals surface area contributed by atoms with Gasteiger partial charge in [-0.2, -0.15) is 0 Å². The summed E-state index contributed by atoms with van der Waals surface area (Å²) in [6, 6.07) is 8.40. The monoisotopic (exact) mass is 715 g/mol. The third kappa shape index (κ3) is 8.11. The van der Waals surface area contributed by atoms with Gasteiger partial charge in [0, 0.05) is 19.2 Å². The number of benzene rings is 2. The van der Waals surface area contributed by atoms with Crippen LogP contribution in [0.15, 0.2) is 60.0 Å². The maximum Gasteiger partial charge on any atom is 0.416 e. The maximum absolute atomic E-state index is 14.4. The molecule has 1 fully saturated rings. The molecule has 0 aromatic heterocycles. The molecule has 1 saturated heterocycles. The number of aliphatic hydroxyl groups excluding tert-OH is 1. The number of fused-ring (bicyclic) bond motifs is 2. The third-order valence-corrected chi connectivity index (χ3v) is 10.0. The normalized spacial score (nSPS) is 21.2. The number of aliphatic hydroxyl groups is 1. The Kier molecular flexibility index (Phi) is 11.8. The summed E-state index contributed by atoms with van der Waals surface area (Å²) in [5, 5.41) is 19.3. The number of aliphatic carboxylic acids is 1. The Labute approximate surface area is 290 Å². The first kappa shape index (κ1) is 36.8. The molecule has 2 aromatic carbocycles. The van der Waals surface area contributed by atoms with Crippen LogP contribution in [0.4, 0.5) is 10.5 Å². The number of methoxy groups -OCH3 is 1. The smallest absolute Gasteiger partial charge is 0.416 e. The molecule has 2 amide bonds. The second-order valence-corrected chi connectivity index (χ2v) is 13.7. The highest BCUT2D eigenvalue weighted by atomic mass is 32.2. The molecule has 2 unspecified atom stereocenters. The van der Waals surface area contributed by atoms with Crippen LogP contribution in [0.2, 0.25) is 0 Å². The van der Waals surface area contributed by atoms with Crippen molar-refractivity contribution in [2.45, 2.75) is 61.7 Å². The Bertz CT molecular complexity index is 1720. The van der Waals surface area contributed by atoms with Gasteiger partial charge in [-0.1, -0.05) is 30.9 Å². The Morgan fingerprint density at radius 2 is 1.94 bits per heavy atom. The molecule has 50 heavy (non-hydrogen) atoms. The van der Waals surface area contributed by atoms with E-state index in [1.807, 2.05) is 6.08 Å². The number of ether oxygens (including phenoxy) is 5. The van der Waals surface area contributed by atoms with Crippen LogP contribution in [-0.4, -0.2) is 107 Å². The lowest BCUT2D eigenvalue weighted by Crippen LogP contribution is -2.57. The summed E-state index contributed by atoms with van der Waals surface area (Å²) in [6.45, 7) is 3.65. The molecule has 3 aliphatic rings. The van der Waals surface area contributed by atoms with E-state index in [1.165, 1.54) is 49.4 Å². The van der Waals surface area contributed by atoms with E-state index < -0.39 is 65.7 Å². The fraction of sp³-hybridized carbons (Fsp3) is 0.441. The van der Waals surface area contributed by atoms with Crippen molar-refractivity contribution in [2.24, 2.45) is 0 Å². The number of rotatable bonds is 13. The van der Waals surface area contributed by atoms with Gasteiger partial charge in [-0.15, -0.1) is 0 Å². The van der Waals surface area contributed by atoms with Crippen molar-refractivity contribution in [3.8, 4) is 11.5 Å². The van der Waals surface area contributed by atoms with E-state index in [4.69, 9.17) is 28.8 Å². The number of sulfonamides is 1. The average Bonchev–Trinajstić information content (AvgIpc) is 3.21. The number of anilines is 1. The summed E-state index contributed by atoms with van der Waals surface area (Å²) in [5.41, 5.74) is 1.67. The number of nitrogens with zero attached hydrogens (tertiary/aromatic N) is 2. The molecule has 3 aliphatic heterocycles. The van der Waals surface area contributed by atoms with Crippen molar-refractivity contribution in [3.05, 3.63) is 66.3 Å². The molecular formula is C34H41N3O12S. The van der Waals surface area contributed by atoms with Crippen LogP contribution in [0.3, 0.4) is 0 Å². The lowest BCUT2D eigenvalue weighted by Gasteiger charge is -2.42. The second kappa shape index (κ2) is 16.0. The fourth-order valence-corrected chi connectivity index (χ4v) is 6.81. The van der Waals surface area contributed by atoms with Crippen molar-refractivity contribution in [3.63, 3.8) is 0 Å². The number of hydrogen-bond acceptors (Lipinski definition) is 11. The van der Waals surface area contributed by atoms with Crippen molar-refractivity contribution in [1.82, 2.24) is 9.62 Å². The molecule has 3 heterocycles. The quantitative estimate of drug-likeness (QED) is 0.257. The van der Waals surface area contributed by atoms with Crippen molar-refractivity contribution in [1.29, 1.82) is 0 Å². The predicted octanol–water partition coefficient (Wildman–Crippen LogP) is 3.13. The lowest BCUT2D eigenvalue weighted by atomic mass is 9.92. The highest BCUT2D eigenvalue weighted by molar-refractivity contribution is 7.89. The number of nitrogens with one attached hydrogen (secondary N) is 1. The van der Waals surface area contributed by atoms with Gasteiger partial charge in [0.1, 0.15) is 13.2 Å². The molecule has 270 valence electrons. The minimum atomic E-state index is -3.66. The summed E-state index contributed by atoms with van der Waals surface area (Å²) >= 11 is 0. The van der Waals surface area contributed by atoms with E-state index in [0.717, 1.165) is 24.0 Å². The van der Waals surface area contributed by atoms with E-state index >= 15 is 0 Å². The molecule has 0 spiro atoms. The predicted molar refractivity (Wildman–Crippen MR) is 179 cm³/mol. The molecule has 0 saturated carbocycles. The fourth-order valence-electron chi connectivity index (χ4n) is 6.08. The number of carbonyl (C=O) groups is 3. The highest BCUT2D eigenvalue weighted by Crippen LogP contribution is 2.43. The Morgan fingerprint density at radius 1 is 1.18 bits per heavy atom. The number of carboxylic acid groups (broad SMARTS) is 1. The minimum Gasteiger partial charge on any atom is -0.493 e.